The second kappa shape index (κ2) is 5.98. The van der Waals surface area contributed by atoms with Crippen LogP contribution in [-0.4, -0.2) is 28.7 Å². The smallest absolute Gasteiger partial charge is 0.0547 e. The Morgan fingerprint density at radius 1 is 1.20 bits per heavy atom. The zero-order chi connectivity index (χ0) is 13.9. The summed E-state index contributed by atoms with van der Waals surface area (Å²) in [5.41, 5.74) is 3.76. The van der Waals surface area contributed by atoms with Crippen LogP contribution >= 0.6 is 11.8 Å². The lowest BCUT2D eigenvalue weighted by Gasteiger charge is -2.20. The van der Waals surface area contributed by atoms with Gasteiger partial charge in [-0.3, -0.25) is 9.88 Å². The molecule has 1 aliphatic rings. The van der Waals surface area contributed by atoms with E-state index in [0.29, 0.717) is 5.25 Å². The molecule has 1 aromatic heterocycles. The molecule has 104 valence electrons. The highest BCUT2D eigenvalue weighted by Gasteiger charge is 2.22. The molecular formula is C17H20N2S. The molecule has 0 saturated heterocycles. The quantitative estimate of drug-likeness (QED) is 0.854. The molecule has 3 rings (SSSR count). The number of aryl methyl sites for hydroxylation is 1. The van der Waals surface area contributed by atoms with Gasteiger partial charge in [0.05, 0.1) is 5.69 Å². The van der Waals surface area contributed by atoms with Crippen molar-refractivity contribution in [2.45, 2.75) is 30.0 Å². The molecule has 1 unspecified atom stereocenters. The number of pyridine rings is 1. The Balaban J connectivity index is 1.57. The monoisotopic (exact) mass is 284 g/mol. The van der Waals surface area contributed by atoms with E-state index in [9.17, 15) is 0 Å². The largest absolute Gasteiger partial charge is 0.299 e. The van der Waals surface area contributed by atoms with Gasteiger partial charge in [0.1, 0.15) is 0 Å². The van der Waals surface area contributed by atoms with Crippen molar-refractivity contribution in [2.75, 3.05) is 13.6 Å². The molecule has 2 heterocycles. The maximum atomic E-state index is 4.58. The predicted octanol–water partition coefficient (Wildman–Crippen LogP) is 3.54. The van der Waals surface area contributed by atoms with Gasteiger partial charge in [0.25, 0.3) is 0 Å². The van der Waals surface area contributed by atoms with Gasteiger partial charge >= 0.3 is 0 Å². The first-order valence-corrected chi connectivity index (χ1v) is 7.94. The number of aromatic nitrogens is 1. The fourth-order valence-electron chi connectivity index (χ4n) is 2.73. The first kappa shape index (κ1) is 13.7. The number of benzene rings is 1. The molecule has 1 aliphatic heterocycles. The first-order chi connectivity index (χ1) is 9.70. The van der Waals surface area contributed by atoms with Crippen molar-refractivity contribution in [3.8, 4) is 0 Å². The van der Waals surface area contributed by atoms with Crippen LogP contribution in [0.5, 0.6) is 0 Å². The minimum absolute atomic E-state index is 0.669. The van der Waals surface area contributed by atoms with Crippen molar-refractivity contribution >= 4 is 11.8 Å². The SMILES string of the molecule is Cc1cccc(CN(C)CC2Cc3ccccc3S2)n1. The summed E-state index contributed by atoms with van der Waals surface area (Å²) in [7, 11) is 2.19. The minimum atomic E-state index is 0.669. The van der Waals surface area contributed by atoms with Gasteiger partial charge in [0.15, 0.2) is 0 Å². The molecule has 0 spiro atoms. The highest BCUT2D eigenvalue weighted by molar-refractivity contribution is 8.00. The Hall–Kier alpha value is -1.32. The van der Waals surface area contributed by atoms with Crippen molar-refractivity contribution in [3.05, 3.63) is 59.4 Å². The molecule has 0 aliphatic carbocycles. The van der Waals surface area contributed by atoms with E-state index in [4.69, 9.17) is 0 Å². The number of fused-ring (bicyclic) bond motifs is 1. The van der Waals surface area contributed by atoms with Crippen molar-refractivity contribution in [1.29, 1.82) is 0 Å². The Morgan fingerprint density at radius 2 is 2.05 bits per heavy atom. The first-order valence-electron chi connectivity index (χ1n) is 7.06. The molecule has 2 aromatic rings. The van der Waals surface area contributed by atoms with Gasteiger partial charge in [-0.25, -0.2) is 0 Å². The van der Waals surface area contributed by atoms with Crippen molar-refractivity contribution in [2.24, 2.45) is 0 Å². The number of nitrogens with zero attached hydrogens (tertiary/aromatic N) is 2. The van der Waals surface area contributed by atoms with E-state index in [2.05, 4.69) is 53.3 Å². The van der Waals surface area contributed by atoms with E-state index in [0.717, 1.165) is 24.5 Å². The molecule has 2 nitrogen and oxygen atoms in total. The van der Waals surface area contributed by atoms with Crippen LogP contribution < -0.4 is 0 Å². The minimum Gasteiger partial charge on any atom is -0.299 e. The van der Waals surface area contributed by atoms with Crippen LogP contribution in [0.1, 0.15) is 17.0 Å². The zero-order valence-electron chi connectivity index (χ0n) is 12.0. The predicted molar refractivity (Wildman–Crippen MR) is 85.1 cm³/mol. The molecule has 0 fully saturated rings. The molecule has 1 aromatic carbocycles. The number of thioether (sulfide) groups is 1. The summed E-state index contributed by atoms with van der Waals surface area (Å²) in [5.74, 6) is 0. The Labute approximate surface area is 125 Å². The number of hydrogen-bond donors (Lipinski definition) is 0. The third-order valence-corrected chi connectivity index (χ3v) is 4.91. The van der Waals surface area contributed by atoms with Crippen molar-refractivity contribution in [3.63, 3.8) is 0 Å². The average Bonchev–Trinajstić information content (AvgIpc) is 2.80. The lowest BCUT2D eigenvalue weighted by molar-refractivity contribution is 0.323. The Kier molecular flexibility index (Phi) is 4.08. The average molecular weight is 284 g/mol. The second-order valence-corrected chi connectivity index (χ2v) is 6.86. The van der Waals surface area contributed by atoms with Gasteiger partial charge < -0.3 is 0 Å². The van der Waals surface area contributed by atoms with E-state index >= 15 is 0 Å². The van der Waals surface area contributed by atoms with E-state index in [1.807, 2.05) is 24.8 Å². The molecule has 0 bridgehead atoms. The Morgan fingerprint density at radius 3 is 2.85 bits per heavy atom. The topological polar surface area (TPSA) is 16.1 Å². The molecule has 0 amide bonds. The number of hydrogen-bond acceptors (Lipinski definition) is 3. The molecule has 0 N–H and O–H groups in total. The van der Waals surface area contributed by atoms with Crippen LogP contribution in [0.15, 0.2) is 47.4 Å². The maximum Gasteiger partial charge on any atom is 0.0547 e. The molecular weight excluding hydrogens is 264 g/mol. The van der Waals surface area contributed by atoms with Crippen LogP contribution in [0, 0.1) is 6.92 Å². The highest BCUT2D eigenvalue weighted by Crippen LogP contribution is 2.36. The molecule has 3 heteroatoms. The van der Waals surface area contributed by atoms with Gasteiger partial charge in [0, 0.05) is 28.9 Å². The van der Waals surface area contributed by atoms with Crippen LogP contribution in [0.25, 0.3) is 0 Å². The van der Waals surface area contributed by atoms with Gasteiger partial charge in [-0.05, 0) is 44.2 Å². The lowest BCUT2D eigenvalue weighted by atomic mass is 10.1. The fraction of sp³-hybridized carbons (Fsp3) is 0.353. The van der Waals surface area contributed by atoms with Gasteiger partial charge in [0.2, 0.25) is 0 Å². The molecule has 1 atom stereocenters. The van der Waals surface area contributed by atoms with Gasteiger partial charge in [-0.15, -0.1) is 11.8 Å². The third-order valence-electron chi connectivity index (χ3n) is 3.61. The lowest BCUT2D eigenvalue weighted by Crippen LogP contribution is -2.27. The van der Waals surface area contributed by atoms with E-state index in [-0.39, 0.29) is 0 Å². The van der Waals surface area contributed by atoms with Gasteiger partial charge in [-0.1, -0.05) is 24.3 Å². The molecule has 0 saturated carbocycles. The molecule has 0 radical (unpaired) electrons. The van der Waals surface area contributed by atoms with E-state index in [1.54, 1.807) is 0 Å². The van der Waals surface area contributed by atoms with Gasteiger partial charge in [-0.2, -0.15) is 0 Å². The fourth-order valence-corrected chi connectivity index (χ4v) is 4.14. The third kappa shape index (κ3) is 3.22. The maximum absolute atomic E-state index is 4.58. The summed E-state index contributed by atoms with van der Waals surface area (Å²) < 4.78 is 0. The standard InChI is InChI=1S/C17H20N2S/c1-13-6-5-8-15(18-13)11-19(2)12-16-10-14-7-3-4-9-17(14)20-16/h3-9,16H,10-12H2,1-2H3. The summed E-state index contributed by atoms with van der Waals surface area (Å²) >= 11 is 2.02. The van der Waals surface area contributed by atoms with E-state index < -0.39 is 0 Å². The van der Waals surface area contributed by atoms with Crippen LogP contribution in [0.2, 0.25) is 0 Å². The second-order valence-electron chi connectivity index (χ2n) is 5.52. The summed E-state index contributed by atoms with van der Waals surface area (Å²) in [6.07, 6.45) is 1.19. The van der Waals surface area contributed by atoms with E-state index in [1.165, 1.54) is 16.9 Å². The van der Waals surface area contributed by atoms with Crippen LogP contribution in [-0.2, 0) is 13.0 Å². The summed E-state index contributed by atoms with van der Waals surface area (Å²) in [6.45, 7) is 4.08. The normalized spacial score (nSPS) is 17.4. The number of rotatable bonds is 4. The summed E-state index contributed by atoms with van der Waals surface area (Å²) in [4.78, 5) is 8.42. The summed E-state index contributed by atoms with van der Waals surface area (Å²) in [6, 6.07) is 15.0. The van der Waals surface area contributed by atoms with Crippen molar-refractivity contribution in [1.82, 2.24) is 9.88 Å². The summed E-state index contributed by atoms with van der Waals surface area (Å²) in [5, 5.41) is 0.669. The Bertz CT molecular complexity index is 572. The zero-order valence-corrected chi connectivity index (χ0v) is 12.9. The van der Waals surface area contributed by atoms with Crippen LogP contribution in [0.3, 0.4) is 0 Å². The van der Waals surface area contributed by atoms with Crippen molar-refractivity contribution < 1.29 is 0 Å². The molecule has 20 heavy (non-hydrogen) atoms. The highest BCUT2D eigenvalue weighted by atomic mass is 32.2. The van der Waals surface area contributed by atoms with Crippen LogP contribution in [0.4, 0.5) is 0 Å².